The van der Waals surface area contributed by atoms with Gasteiger partial charge in [-0.3, -0.25) is 0 Å². The molecule has 5 rings (SSSR count). The minimum Gasteiger partial charge on any atom is -0.496 e. The molecule has 0 N–H and O–H groups in total. The highest BCUT2D eigenvalue weighted by atomic mass is 16.5. The van der Waals surface area contributed by atoms with Crippen LogP contribution in [0, 0.1) is 5.92 Å². The van der Waals surface area contributed by atoms with Crippen LogP contribution in [0.2, 0.25) is 0 Å². The third kappa shape index (κ3) is 4.99. The Kier molecular flexibility index (Phi) is 7.29. The number of hydrogen-bond donors (Lipinski definition) is 0. The van der Waals surface area contributed by atoms with Crippen molar-refractivity contribution in [3.63, 3.8) is 0 Å². The Morgan fingerprint density at radius 3 is 2.64 bits per heavy atom. The molecule has 0 radical (unpaired) electrons. The third-order valence-corrected chi connectivity index (χ3v) is 6.94. The summed E-state index contributed by atoms with van der Waals surface area (Å²) in [6.45, 7) is 5.82. The average molecular weight is 493 g/mol. The molecule has 9 nitrogen and oxygen atoms in total. The highest BCUT2D eigenvalue weighted by Crippen LogP contribution is 2.31. The van der Waals surface area contributed by atoms with Gasteiger partial charge in [0, 0.05) is 31.7 Å². The van der Waals surface area contributed by atoms with E-state index in [0.29, 0.717) is 41.8 Å². The topological polar surface area (TPSA) is 95.9 Å². The van der Waals surface area contributed by atoms with Crippen LogP contribution in [0.15, 0.2) is 30.3 Å². The summed E-state index contributed by atoms with van der Waals surface area (Å²) in [4.78, 5) is 29.5. The molecule has 2 aromatic heterocycles. The van der Waals surface area contributed by atoms with Gasteiger partial charge in [0.25, 0.3) is 0 Å². The number of morpholine rings is 1. The van der Waals surface area contributed by atoms with E-state index in [9.17, 15) is 4.79 Å². The largest absolute Gasteiger partial charge is 0.496 e. The smallest absolute Gasteiger partial charge is 0.341 e. The van der Waals surface area contributed by atoms with Gasteiger partial charge in [-0.1, -0.05) is 0 Å². The molecule has 1 aromatic carbocycles. The van der Waals surface area contributed by atoms with E-state index in [1.54, 1.807) is 12.1 Å². The molecule has 0 bridgehead atoms. The molecule has 0 aliphatic carbocycles. The summed E-state index contributed by atoms with van der Waals surface area (Å²) in [5, 5.41) is 0.907. The van der Waals surface area contributed by atoms with Gasteiger partial charge in [-0.2, -0.15) is 0 Å². The molecular weight excluding hydrogens is 460 g/mol. The molecule has 2 fully saturated rings. The first kappa shape index (κ1) is 24.4. The van der Waals surface area contributed by atoms with Gasteiger partial charge in [-0.05, 0) is 56.0 Å². The summed E-state index contributed by atoms with van der Waals surface area (Å²) in [6, 6.07) is 9.56. The van der Waals surface area contributed by atoms with Crippen LogP contribution in [-0.4, -0.2) is 74.2 Å². The van der Waals surface area contributed by atoms with Crippen LogP contribution in [0.3, 0.4) is 0 Å². The van der Waals surface area contributed by atoms with E-state index < -0.39 is 5.97 Å². The molecule has 2 saturated heterocycles. The Morgan fingerprint density at radius 2 is 1.89 bits per heavy atom. The molecule has 0 unspecified atom stereocenters. The normalized spacial score (nSPS) is 18.9. The van der Waals surface area contributed by atoms with Crippen molar-refractivity contribution in [2.45, 2.75) is 32.2 Å². The van der Waals surface area contributed by atoms with Crippen LogP contribution >= 0.6 is 0 Å². The minimum absolute atomic E-state index is 0.205. The Labute approximate surface area is 210 Å². The van der Waals surface area contributed by atoms with Crippen LogP contribution in [0.4, 0.5) is 5.82 Å². The molecule has 190 valence electrons. The first-order valence-corrected chi connectivity index (χ1v) is 12.4. The van der Waals surface area contributed by atoms with Gasteiger partial charge in [0.1, 0.15) is 23.0 Å². The van der Waals surface area contributed by atoms with Crippen molar-refractivity contribution in [2.75, 3.05) is 52.1 Å². The molecule has 3 aromatic rings. The van der Waals surface area contributed by atoms with Crippen LogP contribution in [0.5, 0.6) is 5.75 Å². The zero-order chi connectivity index (χ0) is 25.1. The SMILES string of the molecule is COC(=O)c1cc(-c2ccc3c(N4CCOC[C@@H]4C)nc(CC4CCOCC4)nc3n2)ccc1OC. The van der Waals surface area contributed by atoms with Gasteiger partial charge in [0.15, 0.2) is 5.65 Å². The predicted octanol–water partition coefficient (Wildman–Crippen LogP) is 3.68. The lowest BCUT2D eigenvalue weighted by atomic mass is 9.96. The lowest BCUT2D eigenvalue weighted by Crippen LogP contribution is -2.44. The van der Waals surface area contributed by atoms with Crippen molar-refractivity contribution < 1.29 is 23.7 Å². The number of hydrogen-bond acceptors (Lipinski definition) is 9. The number of methoxy groups -OCH3 is 2. The first-order valence-electron chi connectivity index (χ1n) is 12.4. The Morgan fingerprint density at radius 1 is 1.06 bits per heavy atom. The highest BCUT2D eigenvalue weighted by molar-refractivity contribution is 5.94. The Balaban J connectivity index is 1.58. The molecule has 0 amide bonds. The minimum atomic E-state index is -0.459. The van der Waals surface area contributed by atoms with E-state index in [1.807, 2.05) is 18.2 Å². The van der Waals surface area contributed by atoms with Crippen molar-refractivity contribution in [2.24, 2.45) is 5.92 Å². The number of aromatic nitrogens is 3. The summed E-state index contributed by atoms with van der Waals surface area (Å²) < 4.78 is 21.5. The maximum absolute atomic E-state index is 12.3. The number of benzene rings is 1. The molecule has 0 saturated carbocycles. The van der Waals surface area contributed by atoms with Gasteiger partial charge in [0.2, 0.25) is 0 Å². The number of anilines is 1. The van der Waals surface area contributed by atoms with Gasteiger partial charge in [-0.25, -0.2) is 19.7 Å². The molecule has 0 spiro atoms. The lowest BCUT2D eigenvalue weighted by Gasteiger charge is -2.35. The Hall–Kier alpha value is -3.30. The molecule has 4 heterocycles. The second-order valence-corrected chi connectivity index (χ2v) is 9.31. The number of pyridine rings is 1. The van der Waals surface area contributed by atoms with E-state index in [-0.39, 0.29) is 6.04 Å². The summed E-state index contributed by atoms with van der Waals surface area (Å²) >= 11 is 0. The predicted molar refractivity (Wildman–Crippen MR) is 136 cm³/mol. The first-order chi connectivity index (χ1) is 17.6. The number of esters is 1. The van der Waals surface area contributed by atoms with E-state index in [1.165, 1.54) is 14.2 Å². The van der Waals surface area contributed by atoms with Crippen LogP contribution in [0.25, 0.3) is 22.3 Å². The molecule has 2 aliphatic heterocycles. The number of rotatable bonds is 6. The second kappa shape index (κ2) is 10.8. The standard InChI is InChI=1S/C27H32N4O5/c1-17-16-36-13-10-31(17)26-20-5-6-22(19-4-7-23(33-2)21(15-19)27(32)34-3)28-25(20)29-24(30-26)14-18-8-11-35-12-9-18/h4-7,15,17-18H,8-14,16H2,1-3H3/t17-/m0/s1. The zero-order valence-electron chi connectivity index (χ0n) is 21.0. The number of carbonyl (C=O) groups excluding carboxylic acids is 1. The van der Waals surface area contributed by atoms with Crippen molar-refractivity contribution in [3.05, 3.63) is 41.7 Å². The van der Waals surface area contributed by atoms with Crippen LogP contribution < -0.4 is 9.64 Å². The molecular formula is C27H32N4O5. The van der Waals surface area contributed by atoms with Crippen molar-refractivity contribution in [1.29, 1.82) is 0 Å². The van der Waals surface area contributed by atoms with E-state index >= 15 is 0 Å². The van der Waals surface area contributed by atoms with Gasteiger partial charge in [0.05, 0.1) is 44.6 Å². The average Bonchev–Trinajstić information content (AvgIpc) is 2.92. The summed E-state index contributed by atoms with van der Waals surface area (Å²) in [7, 11) is 2.88. The quantitative estimate of drug-likeness (QED) is 0.478. The Bertz CT molecular complexity index is 1240. The fraction of sp³-hybridized carbons (Fsp3) is 0.481. The second-order valence-electron chi connectivity index (χ2n) is 9.31. The number of nitrogens with zero attached hydrogens (tertiary/aromatic N) is 4. The maximum atomic E-state index is 12.3. The summed E-state index contributed by atoms with van der Waals surface area (Å²) in [5.41, 5.74) is 2.50. The highest BCUT2D eigenvalue weighted by Gasteiger charge is 2.25. The lowest BCUT2D eigenvalue weighted by molar-refractivity contribution is 0.0597. The van der Waals surface area contributed by atoms with Crippen molar-refractivity contribution >= 4 is 22.8 Å². The number of carbonyl (C=O) groups is 1. The van der Waals surface area contributed by atoms with Crippen LogP contribution in [-0.2, 0) is 20.6 Å². The third-order valence-electron chi connectivity index (χ3n) is 6.94. The van der Waals surface area contributed by atoms with Gasteiger partial charge >= 0.3 is 5.97 Å². The van der Waals surface area contributed by atoms with Gasteiger partial charge in [-0.15, -0.1) is 0 Å². The molecule has 2 aliphatic rings. The molecule has 9 heteroatoms. The van der Waals surface area contributed by atoms with E-state index in [2.05, 4.69) is 11.8 Å². The molecule has 1 atom stereocenters. The van der Waals surface area contributed by atoms with E-state index in [0.717, 1.165) is 61.6 Å². The summed E-state index contributed by atoms with van der Waals surface area (Å²) in [6.07, 6.45) is 2.83. The zero-order valence-corrected chi connectivity index (χ0v) is 21.0. The number of fused-ring (bicyclic) bond motifs is 1. The van der Waals surface area contributed by atoms with Gasteiger partial charge < -0.3 is 23.8 Å². The maximum Gasteiger partial charge on any atom is 0.341 e. The fourth-order valence-corrected chi connectivity index (χ4v) is 4.90. The van der Waals surface area contributed by atoms with Crippen molar-refractivity contribution in [1.82, 2.24) is 15.0 Å². The molecule has 36 heavy (non-hydrogen) atoms. The van der Waals surface area contributed by atoms with Crippen LogP contribution in [0.1, 0.15) is 35.9 Å². The number of ether oxygens (including phenoxy) is 4. The van der Waals surface area contributed by atoms with Crippen molar-refractivity contribution in [3.8, 4) is 17.0 Å². The monoisotopic (exact) mass is 492 g/mol. The fourth-order valence-electron chi connectivity index (χ4n) is 4.90. The summed E-state index contributed by atoms with van der Waals surface area (Å²) in [5.74, 6) is 2.20. The van der Waals surface area contributed by atoms with E-state index in [4.69, 9.17) is 33.9 Å².